The van der Waals surface area contributed by atoms with Gasteiger partial charge in [0.25, 0.3) is 0 Å². The molecule has 2 heterocycles. The number of ether oxygens (including phenoxy) is 1. The van der Waals surface area contributed by atoms with Crippen LogP contribution in [0.3, 0.4) is 0 Å². The van der Waals surface area contributed by atoms with Gasteiger partial charge >= 0.3 is 5.97 Å². The largest absolute Gasteiger partial charge is 0.508 e. The quantitative estimate of drug-likeness (QED) is 0.746. The summed E-state index contributed by atoms with van der Waals surface area (Å²) in [5.74, 6) is -0.243. The van der Waals surface area contributed by atoms with Crippen LogP contribution in [0.5, 0.6) is 5.75 Å². The molecule has 0 saturated heterocycles. The van der Waals surface area contributed by atoms with Crippen molar-refractivity contribution in [2.75, 3.05) is 7.11 Å². The number of fused-ring (bicyclic) bond motifs is 1. The fourth-order valence-corrected chi connectivity index (χ4v) is 2.84. The molecular weight excluding hydrogens is 292 g/mol. The van der Waals surface area contributed by atoms with Crippen LogP contribution < -0.4 is 0 Å². The zero-order valence-electron chi connectivity index (χ0n) is 11.1. The maximum atomic E-state index is 11.7. The van der Waals surface area contributed by atoms with Gasteiger partial charge in [0, 0.05) is 5.56 Å². The highest BCUT2D eigenvalue weighted by Gasteiger charge is 2.27. The molecule has 0 unspecified atom stereocenters. The van der Waals surface area contributed by atoms with Crippen LogP contribution in [0.2, 0.25) is 0 Å². The number of furan rings is 1. The van der Waals surface area contributed by atoms with E-state index in [0.29, 0.717) is 22.4 Å². The molecule has 108 valence electrons. The summed E-state index contributed by atoms with van der Waals surface area (Å²) in [4.78, 5) is 11.7. The fraction of sp³-hybridized carbons (Fsp3) is 0.214. The summed E-state index contributed by atoms with van der Waals surface area (Å²) in [7, 11) is 1.33. The van der Waals surface area contributed by atoms with Gasteiger partial charge in [-0.3, -0.25) is 4.79 Å². The van der Waals surface area contributed by atoms with Gasteiger partial charge in [0.1, 0.15) is 22.5 Å². The fourth-order valence-electron chi connectivity index (χ4n) is 2.29. The Kier molecular flexibility index (Phi) is 3.57. The van der Waals surface area contributed by atoms with E-state index in [0.717, 1.165) is 11.7 Å². The summed E-state index contributed by atoms with van der Waals surface area (Å²) in [5.41, 5.74) is 1.78. The number of esters is 1. The molecule has 0 saturated carbocycles. The standard InChI is InChI=1S/C14H12N2O4S/c1-19-12(18)7-8(11-3-2-6-20-11)13-10(17)5-4-9-14(13)16-21-15-9/h2-6,8,17H,7H2,1H3/t8-/m1/s1. The molecule has 7 heteroatoms. The highest BCUT2D eigenvalue weighted by molar-refractivity contribution is 7.00. The van der Waals surface area contributed by atoms with Crippen molar-refractivity contribution in [1.82, 2.24) is 8.75 Å². The van der Waals surface area contributed by atoms with Gasteiger partial charge in [-0.15, -0.1) is 0 Å². The Balaban J connectivity index is 2.16. The molecule has 0 fully saturated rings. The number of phenols is 1. The molecule has 0 spiro atoms. The molecule has 0 aliphatic heterocycles. The molecule has 1 aromatic carbocycles. The molecule has 1 N–H and O–H groups in total. The van der Waals surface area contributed by atoms with Crippen LogP contribution >= 0.6 is 11.7 Å². The predicted molar refractivity (Wildman–Crippen MR) is 76.3 cm³/mol. The van der Waals surface area contributed by atoms with Gasteiger partial charge in [0.15, 0.2) is 0 Å². The first-order valence-electron chi connectivity index (χ1n) is 6.25. The molecule has 1 atom stereocenters. The highest BCUT2D eigenvalue weighted by Crippen LogP contribution is 2.38. The molecular formula is C14H12N2O4S. The van der Waals surface area contributed by atoms with Crippen LogP contribution in [-0.2, 0) is 9.53 Å². The van der Waals surface area contributed by atoms with Crippen molar-refractivity contribution in [2.45, 2.75) is 12.3 Å². The van der Waals surface area contributed by atoms with E-state index in [1.165, 1.54) is 13.4 Å². The lowest BCUT2D eigenvalue weighted by atomic mass is 9.91. The second kappa shape index (κ2) is 5.53. The van der Waals surface area contributed by atoms with E-state index in [2.05, 4.69) is 8.75 Å². The zero-order valence-corrected chi connectivity index (χ0v) is 12.0. The van der Waals surface area contributed by atoms with Gasteiger partial charge in [-0.2, -0.15) is 8.75 Å². The number of aromatic hydroxyl groups is 1. The first-order chi connectivity index (χ1) is 10.2. The second-order valence-electron chi connectivity index (χ2n) is 4.48. The number of carbonyl (C=O) groups is 1. The van der Waals surface area contributed by atoms with Crippen molar-refractivity contribution < 1.29 is 19.1 Å². The normalized spacial score (nSPS) is 12.4. The maximum Gasteiger partial charge on any atom is 0.306 e. The van der Waals surface area contributed by atoms with Gasteiger partial charge in [-0.1, -0.05) is 0 Å². The van der Waals surface area contributed by atoms with Crippen molar-refractivity contribution >= 4 is 28.7 Å². The number of aromatic nitrogens is 2. The summed E-state index contributed by atoms with van der Waals surface area (Å²) < 4.78 is 18.5. The monoisotopic (exact) mass is 304 g/mol. The van der Waals surface area contributed by atoms with Crippen LogP contribution in [-0.4, -0.2) is 26.9 Å². The van der Waals surface area contributed by atoms with E-state index in [1.54, 1.807) is 24.3 Å². The number of benzene rings is 1. The van der Waals surface area contributed by atoms with Crippen molar-refractivity contribution in [3.8, 4) is 5.75 Å². The van der Waals surface area contributed by atoms with Crippen LogP contribution in [0.25, 0.3) is 11.0 Å². The molecule has 2 aromatic heterocycles. The molecule has 3 rings (SSSR count). The van der Waals surface area contributed by atoms with Gasteiger partial charge < -0.3 is 14.3 Å². The molecule has 0 amide bonds. The minimum absolute atomic E-state index is 0.0498. The third-order valence-corrected chi connectivity index (χ3v) is 3.82. The van der Waals surface area contributed by atoms with E-state index < -0.39 is 11.9 Å². The molecule has 0 aliphatic rings. The summed E-state index contributed by atoms with van der Waals surface area (Å²) in [6.07, 6.45) is 1.57. The minimum atomic E-state index is -0.472. The zero-order chi connectivity index (χ0) is 14.8. The van der Waals surface area contributed by atoms with E-state index in [-0.39, 0.29) is 12.2 Å². The number of hydrogen-bond acceptors (Lipinski definition) is 7. The minimum Gasteiger partial charge on any atom is -0.508 e. The lowest BCUT2D eigenvalue weighted by molar-refractivity contribution is -0.140. The van der Waals surface area contributed by atoms with Crippen molar-refractivity contribution in [3.63, 3.8) is 0 Å². The summed E-state index contributed by atoms with van der Waals surface area (Å²) >= 11 is 1.06. The second-order valence-corrected chi connectivity index (χ2v) is 5.01. The Morgan fingerprint density at radius 3 is 3.00 bits per heavy atom. The third kappa shape index (κ3) is 2.47. The Hall–Kier alpha value is -2.41. The SMILES string of the molecule is COC(=O)C[C@H](c1ccco1)c1c(O)ccc2nsnc12. The van der Waals surface area contributed by atoms with Gasteiger partial charge in [-0.05, 0) is 24.3 Å². The molecule has 21 heavy (non-hydrogen) atoms. The van der Waals surface area contributed by atoms with Crippen molar-refractivity contribution in [2.24, 2.45) is 0 Å². The van der Waals surface area contributed by atoms with Gasteiger partial charge in [-0.25, -0.2) is 0 Å². The lowest BCUT2D eigenvalue weighted by Gasteiger charge is -2.15. The van der Waals surface area contributed by atoms with Crippen molar-refractivity contribution in [1.29, 1.82) is 0 Å². The number of nitrogens with zero attached hydrogens (tertiary/aromatic N) is 2. The summed E-state index contributed by atoms with van der Waals surface area (Å²) in [5, 5.41) is 10.2. The number of phenolic OH excluding ortho intramolecular Hbond substituents is 1. The first kappa shape index (κ1) is 13.6. The number of hydrogen-bond donors (Lipinski definition) is 1. The van der Waals surface area contributed by atoms with Crippen molar-refractivity contribution in [3.05, 3.63) is 41.9 Å². The number of rotatable bonds is 4. The topological polar surface area (TPSA) is 85.5 Å². The highest BCUT2D eigenvalue weighted by atomic mass is 32.1. The number of carbonyl (C=O) groups excluding carboxylic acids is 1. The van der Waals surface area contributed by atoms with Gasteiger partial charge in [0.2, 0.25) is 0 Å². The summed E-state index contributed by atoms with van der Waals surface area (Å²) in [6, 6.07) is 6.73. The Labute approximate surface area is 124 Å². The first-order valence-corrected chi connectivity index (χ1v) is 6.98. The lowest BCUT2D eigenvalue weighted by Crippen LogP contribution is -2.10. The average molecular weight is 304 g/mol. The van der Waals surface area contributed by atoms with Crippen LogP contribution in [0.4, 0.5) is 0 Å². The molecule has 3 aromatic rings. The van der Waals surface area contributed by atoms with Gasteiger partial charge in [0.05, 0.1) is 37.4 Å². The van der Waals surface area contributed by atoms with E-state index in [4.69, 9.17) is 9.15 Å². The van der Waals surface area contributed by atoms with Crippen LogP contribution in [0.1, 0.15) is 23.7 Å². The Morgan fingerprint density at radius 1 is 1.43 bits per heavy atom. The van der Waals surface area contributed by atoms with E-state index >= 15 is 0 Å². The molecule has 6 nitrogen and oxygen atoms in total. The molecule has 0 aliphatic carbocycles. The third-order valence-electron chi connectivity index (χ3n) is 3.28. The molecule has 0 radical (unpaired) electrons. The summed E-state index contributed by atoms with van der Waals surface area (Å²) in [6.45, 7) is 0. The van der Waals surface area contributed by atoms with Crippen LogP contribution in [0.15, 0.2) is 34.9 Å². The Bertz CT molecular complexity index is 766. The Morgan fingerprint density at radius 2 is 2.29 bits per heavy atom. The van der Waals surface area contributed by atoms with E-state index in [1.807, 2.05) is 0 Å². The smallest absolute Gasteiger partial charge is 0.306 e. The maximum absolute atomic E-state index is 11.7. The van der Waals surface area contributed by atoms with Crippen LogP contribution in [0, 0.1) is 0 Å². The van der Waals surface area contributed by atoms with E-state index in [9.17, 15) is 9.90 Å². The predicted octanol–water partition coefficient (Wildman–Crippen LogP) is 2.68. The number of methoxy groups -OCH3 is 1. The molecule has 0 bridgehead atoms. The average Bonchev–Trinajstić information content (AvgIpc) is 3.16.